The second-order valence-electron chi connectivity index (χ2n) is 6.22. The maximum Gasteiger partial charge on any atom is 0.191 e. The molecule has 2 N–H and O–H groups in total. The van der Waals surface area contributed by atoms with E-state index >= 15 is 0 Å². The second kappa shape index (κ2) is 8.11. The van der Waals surface area contributed by atoms with Crippen molar-refractivity contribution >= 4 is 5.96 Å². The van der Waals surface area contributed by atoms with Gasteiger partial charge in [-0.25, -0.2) is 9.67 Å². The number of aryl methyl sites for hydroxylation is 2. The van der Waals surface area contributed by atoms with E-state index in [0.29, 0.717) is 6.61 Å². The third kappa shape index (κ3) is 4.56. The Hall–Kier alpha value is -2.42. The molecular formula is C16H26N8O. The molecule has 0 radical (unpaired) electrons. The van der Waals surface area contributed by atoms with Gasteiger partial charge in [-0.15, -0.1) is 0 Å². The second-order valence-corrected chi connectivity index (χ2v) is 6.22. The predicted octanol–water partition coefficient (Wildman–Crippen LogP) is 0.109. The summed E-state index contributed by atoms with van der Waals surface area (Å²) < 4.78 is 9.00. The van der Waals surface area contributed by atoms with E-state index < -0.39 is 0 Å². The van der Waals surface area contributed by atoms with E-state index in [-0.39, 0.29) is 6.04 Å². The van der Waals surface area contributed by atoms with Crippen LogP contribution in [0.25, 0.3) is 0 Å². The summed E-state index contributed by atoms with van der Waals surface area (Å²) in [6, 6.07) is 0.280. The van der Waals surface area contributed by atoms with Gasteiger partial charge in [-0.05, 0) is 18.9 Å². The topological polar surface area (TPSA) is 94.2 Å². The van der Waals surface area contributed by atoms with Gasteiger partial charge in [-0.1, -0.05) is 0 Å². The van der Waals surface area contributed by atoms with E-state index in [0.717, 1.165) is 50.1 Å². The summed E-state index contributed by atoms with van der Waals surface area (Å²) in [5, 5.41) is 15.6. The molecule has 136 valence electrons. The molecule has 1 atom stereocenters. The lowest BCUT2D eigenvalue weighted by molar-refractivity contribution is 0.177. The fraction of sp³-hybridized carbons (Fsp3) is 0.625. The smallest absolute Gasteiger partial charge is 0.191 e. The van der Waals surface area contributed by atoms with E-state index in [4.69, 9.17) is 4.74 Å². The number of methoxy groups -OCH3 is 1. The van der Waals surface area contributed by atoms with Gasteiger partial charge < -0.3 is 15.4 Å². The van der Waals surface area contributed by atoms with E-state index in [1.165, 1.54) is 5.56 Å². The van der Waals surface area contributed by atoms with Crippen molar-refractivity contribution in [2.75, 3.05) is 20.7 Å². The molecular weight excluding hydrogens is 320 g/mol. The number of aromatic nitrogens is 5. The summed E-state index contributed by atoms with van der Waals surface area (Å²) >= 11 is 0. The minimum atomic E-state index is 0.280. The third-order valence-electron chi connectivity index (χ3n) is 4.14. The van der Waals surface area contributed by atoms with E-state index in [9.17, 15) is 0 Å². The molecule has 0 saturated carbocycles. The zero-order valence-corrected chi connectivity index (χ0v) is 15.1. The van der Waals surface area contributed by atoms with Crippen LogP contribution in [0.1, 0.15) is 23.6 Å². The average Bonchev–Trinajstić information content (AvgIpc) is 3.19. The molecule has 1 aliphatic rings. The summed E-state index contributed by atoms with van der Waals surface area (Å²) in [5.41, 5.74) is 1.17. The van der Waals surface area contributed by atoms with Gasteiger partial charge in [-0.2, -0.15) is 10.2 Å². The number of guanidine groups is 1. The summed E-state index contributed by atoms with van der Waals surface area (Å²) in [6.07, 6.45) is 5.80. The van der Waals surface area contributed by atoms with Crippen LogP contribution in [0.5, 0.6) is 0 Å². The average molecular weight is 346 g/mol. The Bertz CT molecular complexity index is 720. The Balaban J connectivity index is 1.48. The molecule has 3 heterocycles. The molecule has 3 rings (SSSR count). The normalized spacial score (nSPS) is 17.4. The lowest BCUT2D eigenvalue weighted by Gasteiger charge is -2.25. The Morgan fingerprint density at radius 2 is 2.36 bits per heavy atom. The molecule has 25 heavy (non-hydrogen) atoms. The fourth-order valence-corrected chi connectivity index (χ4v) is 2.93. The van der Waals surface area contributed by atoms with Crippen LogP contribution < -0.4 is 10.6 Å². The SMILES string of the molecule is CN=C(NCCn1cc(C)cn1)NC1CCc2nc(COC)nn2C1. The van der Waals surface area contributed by atoms with E-state index in [1.807, 2.05) is 28.7 Å². The maximum atomic E-state index is 5.11. The molecule has 2 aromatic rings. The Labute approximate surface area is 147 Å². The highest BCUT2D eigenvalue weighted by Crippen LogP contribution is 2.13. The van der Waals surface area contributed by atoms with Crippen LogP contribution in [0, 0.1) is 6.92 Å². The minimum absolute atomic E-state index is 0.280. The van der Waals surface area contributed by atoms with Crippen molar-refractivity contribution in [1.82, 2.24) is 35.2 Å². The molecule has 0 bridgehead atoms. The van der Waals surface area contributed by atoms with Crippen LogP contribution >= 0.6 is 0 Å². The third-order valence-corrected chi connectivity index (χ3v) is 4.14. The molecule has 0 fully saturated rings. The Kier molecular flexibility index (Phi) is 5.64. The summed E-state index contributed by atoms with van der Waals surface area (Å²) in [6.45, 7) is 4.84. The monoisotopic (exact) mass is 346 g/mol. The van der Waals surface area contributed by atoms with Crippen molar-refractivity contribution in [3.05, 3.63) is 29.6 Å². The number of nitrogens with zero attached hydrogens (tertiary/aromatic N) is 6. The molecule has 0 aliphatic carbocycles. The number of rotatable bonds is 6. The van der Waals surface area contributed by atoms with E-state index in [1.54, 1.807) is 14.2 Å². The van der Waals surface area contributed by atoms with Crippen LogP contribution in [0.2, 0.25) is 0 Å². The van der Waals surface area contributed by atoms with Crippen molar-refractivity contribution in [3.63, 3.8) is 0 Å². The fourth-order valence-electron chi connectivity index (χ4n) is 2.93. The molecule has 0 saturated heterocycles. The van der Waals surface area contributed by atoms with Crippen LogP contribution in [-0.2, 0) is 30.9 Å². The molecule has 0 amide bonds. The van der Waals surface area contributed by atoms with Crippen LogP contribution in [0.4, 0.5) is 0 Å². The number of hydrogen-bond acceptors (Lipinski definition) is 5. The van der Waals surface area contributed by atoms with Gasteiger partial charge in [-0.3, -0.25) is 9.67 Å². The first-order valence-electron chi connectivity index (χ1n) is 8.55. The zero-order valence-electron chi connectivity index (χ0n) is 15.1. The van der Waals surface area contributed by atoms with Crippen molar-refractivity contribution in [2.24, 2.45) is 4.99 Å². The lowest BCUT2D eigenvalue weighted by Crippen LogP contribution is -2.47. The highest BCUT2D eigenvalue weighted by atomic mass is 16.5. The number of fused-ring (bicyclic) bond motifs is 1. The summed E-state index contributed by atoms with van der Waals surface area (Å²) in [4.78, 5) is 8.81. The first-order chi connectivity index (χ1) is 12.2. The Morgan fingerprint density at radius 1 is 1.48 bits per heavy atom. The van der Waals surface area contributed by atoms with Crippen molar-refractivity contribution < 1.29 is 4.74 Å². The predicted molar refractivity (Wildman–Crippen MR) is 94.3 cm³/mol. The van der Waals surface area contributed by atoms with Gasteiger partial charge in [0, 0.05) is 39.4 Å². The lowest BCUT2D eigenvalue weighted by atomic mass is 10.1. The molecule has 1 unspecified atom stereocenters. The maximum absolute atomic E-state index is 5.11. The standard InChI is InChI=1S/C16H26N8O/c1-12-8-19-23(9-12)7-6-18-16(17-2)20-13-4-5-15-21-14(11-25-3)22-24(15)10-13/h8-9,13H,4-7,10-11H2,1-3H3,(H2,17,18,20). The van der Waals surface area contributed by atoms with Crippen molar-refractivity contribution in [2.45, 2.75) is 45.5 Å². The number of hydrogen-bond donors (Lipinski definition) is 2. The van der Waals surface area contributed by atoms with Gasteiger partial charge >= 0.3 is 0 Å². The summed E-state index contributed by atoms with van der Waals surface area (Å²) in [5.74, 6) is 2.58. The highest BCUT2D eigenvalue weighted by molar-refractivity contribution is 5.79. The zero-order chi connectivity index (χ0) is 17.6. The minimum Gasteiger partial charge on any atom is -0.377 e. The first kappa shape index (κ1) is 17.4. The van der Waals surface area contributed by atoms with Crippen LogP contribution in [0.3, 0.4) is 0 Å². The van der Waals surface area contributed by atoms with Gasteiger partial charge in [0.25, 0.3) is 0 Å². The highest BCUT2D eigenvalue weighted by Gasteiger charge is 2.22. The van der Waals surface area contributed by atoms with Crippen molar-refractivity contribution in [1.29, 1.82) is 0 Å². The molecule has 0 spiro atoms. The molecule has 9 nitrogen and oxygen atoms in total. The van der Waals surface area contributed by atoms with Crippen molar-refractivity contribution in [3.8, 4) is 0 Å². The Morgan fingerprint density at radius 3 is 3.08 bits per heavy atom. The molecule has 2 aromatic heterocycles. The first-order valence-corrected chi connectivity index (χ1v) is 8.55. The van der Waals surface area contributed by atoms with Gasteiger partial charge in [0.2, 0.25) is 0 Å². The molecule has 1 aliphatic heterocycles. The van der Waals surface area contributed by atoms with E-state index in [2.05, 4.69) is 30.8 Å². The number of nitrogens with one attached hydrogen (secondary N) is 2. The van der Waals surface area contributed by atoms with Crippen LogP contribution in [-0.4, -0.2) is 57.2 Å². The number of ether oxygens (including phenoxy) is 1. The number of aliphatic imine (C=N–C) groups is 1. The largest absolute Gasteiger partial charge is 0.377 e. The summed E-state index contributed by atoms with van der Waals surface area (Å²) in [7, 11) is 3.44. The quantitative estimate of drug-likeness (QED) is 0.569. The van der Waals surface area contributed by atoms with Gasteiger partial charge in [0.05, 0.1) is 19.3 Å². The molecule has 9 heteroatoms. The van der Waals surface area contributed by atoms with Gasteiger partial charge in [0.15, 0.2) is 11.8 Å². The molecule has 0 aromatic carbocycles. The van der Waals surface area contributed by atoms with Gasteiger partial charge in [0.1, 0.15) is 12.4 Å². The van der Waals surface area contributed by atoms with Crippen LogP contribution in [0.15, 0.2) is 17.4 Å².